The van der Waals surface area contributed by atoms with E-state index in [-0.39, 0.29) is 18.5 Å². The lowest BCUT2D eigenvalue weighted by molar-refractivity contribution is -0.139. The molecule has 2 rings (SSSR count). The number of nitrogens with two attached hydrogens (primary N) is 1. The summed E-state index contributed by atoms with van der Waals surface area (Å²) >= 11 is 0. The molecule has 25 heavy (non-hydrogen) atoms. The van der Waals surface area contributed by atoms with E-state index in [0.29, 0.717) is 17.9 Å². The highest BCUT2D eigenvalue weighted by Gasteiger charge is 2.49. The van der Waals surface area contributed by atoms with Crippen molar-refractivity contribution < 1.29 is 19.1 Å². The molecule has 1 saturated heterocycles. The second-order valence-corrected chi connectivity index (χ2v) is 6.26. The molecule has 2 unspecified atom stereocenters. The quantitative estimate of drug-likeness (QED) is 0.718. The number of carbonyl (C=O) groups excluding carboxylic acids is 3. The molecular formula is C17H24N4O4. The lowest BCUT2D eigenvalue weighted by Crippen LogP contribution is -2.47. The van der Waals surface area contributed by atoms with Crippen LogP contribution in [0.1, 0.15) is 19.4 Å². The second-order valence-electron chi connectivity index (χ2n) is 6.26. The average Bonchev–Trinajstić information content (AvgIpc) is 2.84. The molecule has 136 valence electrons. The molecule has 1 heterocycles. The number of likely N-dealkylation sites (N-methyl/N-ethyl adjacent to an activating group) is 1. The number of benzene rings is 1. The van der Waals surface area contributed by atoms with E-state index < -0.39 is 17.5 Å². The Hall–Kier alpha value is -2.61. The number of hydrogen-bond acceptors (Lipinski definition) is 5. The maximum Gasteiger partial charge on any atom is 0.325 e. The van der Waals surface area contributed by atoms with Gasteiger partial charge in [0.1, 0.15) is 17.8 Å². The summed E-state index contributed by atoms with van der Waals surface area (Å²) in [5.74, 6) is -0.168. The monoisotopic (exact) mass is 348 g/mol. The first kappa shape index (κ1) is 18.7. The Bertz CT molecular complexity index is 676. The fourth-order valence-electron chi connectivity index (χ4n) is 2.61. The molecule has 0 spiro atoms. The molecule has 3 N–H and O–H groups in total. The third-order valence-corrected chi connectivity index (χ3v) is 4.63. The molecule has 0 aliphatic carbocycles. The number of amides is 4. The minimum Gasteiger partial charge on any atom is -0.497 e. The van der Waals surface area contributed by atoms with Crippen molar-refractivity contribution in [2.45, 2.75) is 25.4 Å². The van der Waals surface area contributed by atoms with Gasteiger partial charge in [0.15, 0.2) is 0 Å². The molecule has 2 atom stereocenters. The van der Waals surface area contributed by atoms with E-state index in [4.69, 9.17) is 10.5 Å². The summed E-state index contributed by atoms with van der Waals surface area (Å²) in [7, 11) is 3.15. The van der Waals surface area contributed by atoms with Gasteiger partial charge in [-0.1, -0.05) is 12.1 Å². The summed E-state index contributed by atoms with van der Waals surface area (Å²) in [6, 6.07) is 6.08. The van der Waals surface area contributed by atoms with Gasteiger partial charge in [-0.2, -0.15) is 0 Å². The molecule has 4 amide bonds. The first-order valence-electron chi connectivity index (χ1n) is 7.99. The highest BCUT2D eigenvalue weighted by molar-refractivity contribution is 6.09. The maximum absolute atomic E-state index is 12.8. The van der Waals surface area contributed by atoms with Crippen molar-refractivity contribution in [3.05, 3.63) is 29.8 Å². The maximum atomic E-state index is 12.8. The van der Waals surface area contributed by atoms with Crippen LogP contribution in [0.25, 0.3) is 0 Å². The van der Waals surface area contributed by atoms with Crippen LogP contribution in [0.5, 0.6) is 5.75 Å². The minimum absolute atomic E-state index is 0.179. The number of carbonyl (C=O) groups is 3. The lowest BCUT2D eigenvalue weighted by atomic mass is 9.92. The Balaban J connectivity index is 2.19. The van der Waals surface area contributed by atoms with E-state index in [2.05, 4.69) is 5.32 Å². The minimum atomic E-state index is -1.22. The molecule has 0 saturated carbocycles. The summed E-state index contributed by atoms with van der Waals surface area (Å²) < 4.78 is 5.10. The number of nitrogens with zero attached hydrogens (tertiary/aromatic N) is 2. The zero-order valence-corrected chi connectivity index (χ0v) is 14.9. The van der Waals surface area contributed by atoms with Crippen LogP contribution in [-0.2, 0) is 15.1 Å². The number of methoxy groups -OCH3 is 1. The molecule has 0 bridgehead atoms. The van der Waals surface area contributed by atoms with Gasteiger partial charge in [-0.05, 0) is 31.5 Å². The van der Waals surface area contributed by atoms with E-state index >= 15 is 0 Å². The van der Waals surface area contributed by atoms with Crippen LogP contribution in [0.3, 0.4) is 0 Å². The molecule has 1 aliphatic heterocycles. The van der Waals surface area contributed by atoms with E-state index in [1.807, 2.05) is 0 Å². The predicted octanol–water partition coefficient (Wildman–Crippen LogP) is 0.268. The van der Waals surface area contributed by atoms with Gasteiger partial charge in [0.2, 0.25) is 5.91 Å². The van der Waals surface area contributed by atoms with Crippen molar-refractivity contribution >= 4 is 17.8 Å². The summed E-state index contributed by atoms with van der Waals surface area (Å²) in [5.41, 5.74) is 4.95. The molecule has 1 fully saturated rings. The Morgan fingerprint density at radius 3 is 2.48 bits per heavy atom. The smallest absolute Gasteiger partial charge is 0.325 e. The Morgan fingerprint density at radius 2 is 1.96 bits per heavy atom. The van der Waals surface area contributed by atoms with Crippen LogP contribution in [0.2, 0.25) is 0 Å². The van der Waals surface area contributed by atoms with Gasteiger partial charge in [0.05, 0.1) is 7.11 Å². The molecule has 0 radical (unpaired) electrons. The van der Waals surface area contributed by atoms with E-state index in [1.54, 1.807) is 52.3 Å². The Kier molecular flexibility index (Phi) is 5.32. The van der Waals surface area contributed by atoms with Crippen molar-refractivity contribution in [3.63, 3.8) is 0 Å². The van der Waals surface area contributed by atoms with Gasteiger partial charge < -0.3 is 20.7 Å². The standard InChI is InChI=1S/C17H24N4O4/c1-11(9-18)20(3)14(22)10-21-15(23)17(2,19-16(21)24)12-5-7-13(25-4)8-6-12/h5-8,11H,9-10,18H2,1-4H3,(H,19,24). The first-order chi connectivity index (χ1) is 11.7. The SMILES string of the molecule is COc1ccc(C2(C)NC(=O)N(CC(=O)N(C)C(C)CN)C2=O)cc1. The lowest BCUT2D eigenvalue weighted by Gasteiger charge is -2.26. The largest absolute Gasteiger partial charge is 0.497 e. The third-order valence-electron chi connectivity index (χ3n) is 4.63. The number of nitrogens with one attached hydrogen (secondary N) is 1. The van der Waals surface area contributed by atoms with Crippen molar-refractivity contribution in [2.75, 3.05) is 27.2 Å². The summed E-state index contributed by atoms with van der Waals surface area (Å²) in [4.78, 5) is 39.7. The van der Waals surface area contributed by atoms with Crippen molar-refractivity contribution in [3.8, 4) is 5.75 Å². The van der Waals surface area contributed by atoms with Gasteiger partial charge >= 0.3 is 6.03 Å². The Labute approximate surface area is 146 Å². The number of rotatable bonds is 6. The highest BCUT2D eigenvalue weighted by atomic mass is 16.5. The van der Waals surface area contributed by atoms with E-state index in [1.165, 1.54) is 4.90 Å². The molecule has 8 nitrogen and oxygen atoms in total. The molecule has 0 aromatic heterocycles. The summed E-state index contributed by atoms with van der Waals surface area (Å²) in [5, 5.41) is 2.67. The van der Waals surface area contributed by atoms with Crippen LogP contribution in [0, 0.1) is 0 Å². The molecule has 1 aliphatic rings. The highest BCUT2D eigenvalue weighted by Crippen LogP contribution is 2.30. The van der Waals surface area contributed by atoms with Gasteiger partial charge in [-0.25, -0.2) is 4.79 Å². The van der Waals surface area contributed by atoms with Crippen LogP contribution in [-0.4, -0.2) is 60.9 Å². The van der Waals surface area contributed by atoms with E-state index in [9.17, 15) is 14.4 Å². The van der Waals surface area contributed by atoms with Crippen molar-refractivity contribution in [1.29, 1.82) is 0 Å². The fraction of sp³-hybridized carbons (Fsp3) is 0.471. The van der Waals surface area contributed by atoms with Crippen LogP contribution >= 0.6 is 0 Å². The second kappa shape index (κ2) is 7.10. The zero-order valence-electron chi connectivity index (χ0n) is 14.9. The first-order valence-corrected chi connectivity index (χ1v) is 7.99. The van der Waals surface area contributed by atoms with Gasteiger partial charge in [0, 0.05) is 19.6 Å². The third kappa shape index (κ3) is 3.43. The van der Waals surface area contributed by atoms with Crippen LogP contribution in [0.4, 0.5) is 4.79 Å². The molecular weight excluding hydrogens is 324 g/mol. The number of ether oxygens (including phenoxy) is 1. The van der Waals surface area contributed by atoms with Crippen molar-refractivity contribution in [2.24, 2.45) is 5.73 Å². The van der Waals surface area contributed by atoms with Crippen molar-refractivity contribution in [1.82, 2.24) is 15.1 Å². The summed E-state index contributed by atoms with van der Waals surface area (Å²) in [6.07, 6.45) is 0. The fourth-order valence-corrected chi connectivity index (χ4v) is 2.61. The number of imide groups is 1. The topological polar surface area (TPSA) is 105 Å². The van der Waals surface area contributed by atoms with Gasteiger partial charge in [0.25, 0.3) is 5.91 Å². The average molecular weight is 348 g/mol. The summed E-state index contributed by atoms with van der Waals surface area (Å²) in [6.45, 7) is 3.39. The number of urea groups is 1. The Morgan fingerprint density at radius 1 is 1.36 bits per heavy atom. The van der Waals surface area contributed by atoms with Gasteiger partial charge in [-0.15, -0.1) is 0 Å². The van der Waals surface area contributed by atoms with Crippen LogP contribution in [0.15, 0.2) is 24.3 Å². The zero-order chi connectivity index (χ0) is 18.8. The van der Waals surface area contributed by atoms with E-state index in [0.717, 1.165) is 4.90 Å². The number of hydrogen-bond donors (Lipinski definition) is 2. The molecule has 1 aromatic carbocycles. The van der Waals surface area contributed by atoms with Gasteiger partial charge in [-0.3, -0.25) is 14.5 Å². The molecule has 8 heteroatoms. The normalized spacial score (nSPS) is 21.1. The van der Waals surface area contributed by atoms with Crippen LogP contribution < -0.4 is 15.8 Å². The predicted molar refractivity (Wildman–Crippen MR) is 91.9 cm³/mol. The molecule has 1 aromatic rings.